The molecule has 12 heteroatoms. The predicted molar refractivity (Wildman–Crippen MR) is 246 cm³/mol. The molecule has 10 aromatic rings. The molecule has 302 valence electrons. The average molecular weight is 831 g/mol. The van der Waals surface area contributed by atoms with Crippen molar-refractivity contribution < 1.29 is 4.52 Å². The van der Waals surface area contributed by atoms with Gasteiger partial charge < -0.3 is 15.2 Å². The van der Waals surface area contributed by atoms with Gasteiger partial charge in [-0.1, -0.05) is 102 Å². The predicted octanol–water partition coefficient (Wildman–Crippen LogP) is 11.6. The van der Waals surface area contributed by atoms with Gasteiger partial charge >= 0.3 is 0 Å². The zero-order valence-electron chi connectivity index (χ0n) is 33.9. The summed E-state index contributed by atoms with van der Waals surface area (Å²) in [5.74, 6) is 2.79. The molecule has 62 heavy (non-hydrogen) atoms. The molecule has 4 aromatic carbocycles. The van der Waals surface area contributed by atoms with Gasteiger partial charge in [0, 0.05) is 41.5 Å². The van der Waals surface area contributed by atoms with Gasteiger partial charge in [0.05, 0.1) is 52.0 Å². The summed E-state index contributed by atoms with van der Waals surface area (Å²) in [4.78, 5) is 32.1. The van der Waals surface area contributed by atoms with Crippen LogP contribution in [0.25, 0.3) is 66.6 Å². The molecular weight excluding hydrogens is 792 g/mol. The number of pyridine rings is 3. The van der Waals surface area contributed by atoms with Crippen LogP contribution in [0.2, 0.25) is 5.28 Å². The Morgan fingerprint density at radius 2 is 1.08 bits per heavy atom. The summed E-state index contributed by atoms with van der Waals surface area (Å²) in [6, 6.07) is 46.4. The minimum Gasteiger partial charge on any atom is -0.364 e. The number of rotatable bonds is 10. The Bertz CT molecular complexity index is 3090. The lowest BCUT2D eigenvalue weighted by molar-refractivity contribution is 0.393. The van der Waals surface area contributed by atoms with Crippen LogP contribution >= 0.6 is 11.6 Å². The van der Waals surface area contributed by atoms with Gasteiger partial charge in [-0.2, -0.15) is 0 Å². The van der Waals surface area contributed by atoms with Crippen LogP contribution in [0, 0.1) is 13.8 Å². The Balaban J connectivity index is 0.000000171. The second-order valence-electron chi connectivity index (χ2n) is 14.4. The topological polar surface area (TPSA) is 140 Å². The van der Waals surface area contributed by atoms with E-state index in [0.717, 1.165) is 89.4 Å². The molecule has 0 fully saturated rings. The first-order valence-corrected chi connectivity index (χ1v) is 20.4. The Morgan fingerprint density at radius 1 is 0.532 bits per heavy atom. The van der Waals surface area contributed by atoms with Crippen molar-refractivity contribution >= 4 is 45.0 Å². The summed E-state index contributed by atoms with van der Waals surface area (Å²) in [6.07, 6.45) is 7.16. The van der Waals surface area contributed by atoms with Crippen molar-refractivity contribution in [3.63, 3.8) is 0 Å². The largest absolute Gasteiger partial charge is 0.364 e. The molecule has 0 spiro atoms. The van der Waals surface area contributed by atoms with Crippen molar-refractivity contribution in [1.82, 2.24) is 40.0 Å². The van der Waals surface area contributed by atoms with Gasteiger partial charge in [0.2, 0.25) is 5.28 Å². The highest BCUT2D eigenvalue weighted by Crippen LogP contribution is 2.36. The van der Waals surface area contributed by atoms with Crippen LogP contribution in [0.5, 0.6) is 0 Å². The minimum atomic E-state index is 0.223. The minimum absolute atomic E-state index is 0.223. The number of benzene rings is 4. The van der Waals surface area contributed by atoms with E-state index in [9.17, 15) is 0 Å². The number of nitrogens with zero attached hydrogens (tertiary/aromatic N) is 8. The number of aromatic nitrogens is 8. The number of halogens is 1. The normalized spacial score (nSPS) is 11.0. The maximum absolute atomic E-state index is 6.13. The monoisotopic (exact) mass is 830 g/mol. The molecule has 0 saturated carbocycles. The Morgan fingerprint density at radius 3 is 1.63 bits per heavy atom. The summed E-state index contributed by atoms with van der Waals surface area (Å²) in [5.41, 5.74) is 11.3. The van der Waals surface area contributed by atoms with E-state index in [2.05, 4.69) is 77.1 Å². The second kappa shape index (κ2) is 18.2. The van der Waals surface area contributed by atoms with Gasteiger partial charge in [0.1, 0.15) is 17.4 Å². The molecule has 11 nitrogen and oxygen atoms in total. The second-order valence-corrected chi connectivity index (χ2v) is 14.7. The number of hydrogen-bond acceptors (Lipinski definition) is 11. The van der Waals surface area contributed by atoms with Crippen LogP contribution in [0.1, 0.15) is 22.8 Å². The van der Waals surface area contributed by atoms with Crippen molar-refractivity contribution in [3.05, 3.63) is 192 Å². The molecule has 0 bridgehead atoms. The Labute approximate surface area is 363 Å². The molecule has 0 radical (unpaired) electrons. The Hall–Kier alpha value is -7.89. The van der Waals surface area contributed by atoms with Gasteiger partial charge in [-0.3, -0.25) is 15.0 Å². The van der Waals surface area contributed by atoms with Gasteiger partial charge in [-0.25, -0.2) is 19.9 Å². The smallest absolute Gasteiger partial charge is 0.224 e. The molecule has 0 unspecified atom stereocenters. The van der Waals surface area contributed by atoms with E-state index in [-0.39, 0.29) is 5.28 Å². The van der Waals surface area contributed by atoms with E-state index in [0.29, 0.717) is 24.7 Å². The third-order valence-corrected chi connectivity index (χ3v) is 10.4. The van der Waals surface area contributed by atoms with Crippen LogP contribution in [0.3, 0.4) is 0 Å². The zero-order valence-corrected chi connectivity index (χ0v) is 34.6. The maximum Gasteiger partial charge on any atom is 0.224 e. The summed E-state index contributed by atoms with van der Waals surface area (Å²) < 4.78 is 5.38. The van der Waals surface area contributed by atoms with E-state index >= 15 is 0 Å². The Kier molecular flexibility index (Phi) is 11.6. The number of nitrogens with one attached hydrogen (secondary N) is 2. The summed E-state index contributed by atoms with van der Waals surface area (Å²) in [7, 11) is 0. The van der Waals surface area contributed by atoms with Gasteiger partial charge in [0.25, 0.3) is 0 Å². The van der Waals surface area contributed by atoms with Crippen molar-refractivity contribution in [2.75, 3.05) is 10.6 Å². The van der Waals surface area contributed by atoms with Crippen LogP contribution in [0.4, 0.5) is 11.6 Å². The maximum atomic E-state index is 6.13. The van der Waals surface area contributed by atoms with E-state index in [1.54, 1.807) is 18.6 Å². The standard InChI is InChI=1S/C30H24N6O.C20H15ClN4/c1-19-27(20(2)37-36-19)22-15-23(17-31-16-22)29-34-26-13-8-12-25(21-9-4-3-5-10-21)28(26)30(35-29)33-18-24-11-6-7-14-32-24;21-20-24-17-11-6-10-16(14-7-2-1-3-8-14)18(17)19(25-20)23-13-15-9-4-5-12-22-15/h3-17H,18H2,1-2H3,(H,33,34,35);1-12H,13H2,(H,23,24,25). The van der Waals surface area contributed by atoms with Gasteiger partial charge in [0.15, 0.2) is 5.82 Å². The van der Waals surface area contributed by atoms with Crippen LogP contribution < -0.4 is 10.6 Å². The molecule has 6 aromatic heterocycles. The van der Waals surface area contributed by atoms with E-state index in [4.69, 9.17) is 26.1 Å². The molecular formula is C50H39ClN10O. The molecule has 6 heterocycles. The van der Waals surface area contributed by atoms with Crippen molar-refractivity contribution in [2.45, 2.75) is 26.9 Å². The van der Waals surface area contributed by atoms with E-state index < -0.39 is 0 Å². The highest BCUT2D eigenvalue weighted by molar-refractivity contribution is 6.29. The zero-order chi connectivity index (χ0) is 42.3. The first kappa shape index (κ1) is 39.6. The van der Waals surface area contributed by atoms with Crippen LogP contribution in [0.15, 0.2) is 169 Å². The summed E-state index contributed by atoms with van der Waals surface area (Å²) in [5, 5.41) is 13.1. The van der Waals surface area contributed by atoms with Gasteiger partial charge in [-0.05, 0) is 90.2 Å². The fraction of sp³-hybridized carbons (Fsp3) is 0.0800. The highest BCUT2D eigenvalue weighted by atomic mass is 35.5. The first-order chi connectivity index (χ1) is 30.5. The van der Waals surface area contributed by atoms with Crippen molar-refractivity contribution in [2.24, 2.45) is 0 Å². The van der Waals surface area contributed by atoms with E-state index in [1.807, 2.05) is 123 Å². The molecule has 0 aliphatic heterocycles. The number of hydrogen-bond donors (Lipinski definition) is 2. The quantitative estimate of drug-likeness (QED) is 0.127. The molecule has 0 saturated heterocycles. The number of fused-ring (bicyclic) bond motifs is 2. The van der Waals surface area contributed by atoms with Gasteiger partial charge in [-0.15, -0.1) is 0 Å². The van der Waals surface area contributed by atoms with Crippen LogP contribution in [-0.2, 0) is 13.1 Å². The molecule has 0 aliphatic rings. The fourth-order valence-electron chi connectivity index (χ4n) is 7.39. The first-order valence-electron chi connectivity index (χ1n) is 20.0. The molecule has 2 N–H and O–H groups in total. The molecule has 0 atom stereocenters. The summed E-state index contributed by atoms with van der Waals surface area (Å²) in [6.45, 7) is 4.92. The fourth-order valence-corrected chi connectivity index (χ4v) is 7.56. The number of aryl methyl sites for hydroxylation is 2. The average Bonchev–Trinajstić information content (AvgIpc) is 3.67. The molecule has 0 aliphatic carbocycles. The molecule has 10 rings (SSSR count). The lowest BCUT2D eigenvalue weighted by Gasteiger charge is -2.14. The van der Waals surface area contributed by atoms with Crippen molar-refractivity contribution in [1.29, 1.82) is 0 Å². The third kappa shape index (κ3) is 8.70. The third-order valence-electron chi connectivity index (χ3n) is 10.2. The summed E-state index contributed by atoms with van der Waals surface area (Å²) >= 11 is 6.13. The van der Waals surface area contributed by atoms with Crippen molar-refractivity contribution in [3.8, 4) is 44.8 Å². The lowest BCUT2D eigenvalue weighted by atomic mass is 10.0. The van der Waals surface area contributed by atoms with E-state index in [1.165, 1.54) is 0 Å². The molecule has 0 amide bonds. The van der Waals surface area contributed by atoms with Crippen LogP contribution in [-0.4, -0.2) is 40.0 Å². The lowest BCUT2D eigenvalue weighted by Crippen LogP contribution is -2.06. The SMILES string of the molecule is Cc1noc(C)c1-c1cncc(-c2nc(NCc3ccccn3)c3c(-c4ccccc4)cccc3n2)c1.Clc1nc(NCc2ccccn2)c2c(-c3ccccc3)cccc2n1. The highest BCUT2D eigenvalue weighted by Gasteiger charge is 2.18. The number of anilines is 2.